The van der Waals surface area contributed by atoms with Crippen molar-refractivity contribution in [1.82, 2.24) is 9.19 Å². The second kappa shape index (κ2) is 5.38. The lowest BCUT2D eigenvalue weighted by molar-refractivity contribution is 0.0702. The average molecular weight is 300 g/mol. The Morgan fingerprint density at radius 2 is 2.33 bits per heavy atom. The Morgan fingerprint density at radius 3 is 2.83 bits per heavy atom. The molecule has 2 aromatic heterocycles. The molecule has 0 saturated heterocycles. The Morgan fingerprint density at radius 1 is 1.61 bits per heavy atom. The number of aromatic carboxylic acids is 1. The molecule has 4 nitrogen and oxygen atoms in total. The standard InChI is InChI=1S/C11H12N2O2S3/c1-2-3-8-6(4-9(18-8)11(14)15)10-7(16)5-12-13(10)17/h4-5,16-17H,2-3H2,1H3,(H,14,15). The second-order valence-electron chi connectivity index (χ2n) is 3.77. The topological polar surface area (TPSA) is 55.1 Å². The van der Waals surface area contributed by atoms with Gasteiger partial charge in [0, 0.05) is 10.4 Å². The first-order chi connectivity index (χ1) is 8.54. The molecular weight excluding hydrogens is 288 g/mol. The summed E-state index contributed by atoms with van der Waals surface area (Å²) in [4.78, 5) is 13.1. The number of carboxylic acid groups (broad SMARTS) is 1. The number of aryl methyl sites for hydroxylation is 1. The summed E-state index contributed by atoms with van der Waals surface area (Å²) in [5, 5.41) is 13.1. The van der Waals surface area contributed by atoms with Crippen molar-refractivity contribution in [2.75, 3.05) is 0 Å². The van der Waals surface area contributed by atoms with Crippen molar-refractivity contribution >= 4 is 42.7 Å². The first kappa shape index (κ1) is 13.5. The van der Waals surface area contributed by atoms with Gasteiger partial charge in [0.05, 0.1) is 16.8 Å². The zero-order chi connectivity index (χ0) is 13.3. The molecule has 0 amide bonds. The minimum atomic E-state index is -0.908. The molecule has 2 heterocycles. The smallest absolute Gasteiger partial charge is 0.345 e. The maximum absolute atomic E-state index is 11.1. The van der Waals surface area contributed by atoms with Gasteiger partial charge in [-0.3, -0.25) is 0 Å². The maximum atomic E-state index is 11.1. The van der Waals surface area contributed by atoms with Crippen molar-refractivity contribution in [2.45, 2.75) is 24.7 Å². The number of hydrogen-bond acceptors (Lipinski definition) is 5. The zero-order valence-corrected chi connectivity index (χ0v) is 12.2. The Balaban J connectivity index is 2.58. The summed E-state index contributed by atoms with van der Waals surface area (Å²) >= 11 is 9.85. The van der Waals surface area contributed by atoms with E-state index in [1.807, 2.05) is 0 Å². The lowest BCUT2D eigenvalue weighted by atomic mass is 10.1. The number of carbonyl (C=O) groups is 1. The van der Waals surface area contributed by atoms with Crippen molar-refractivity contribution in [3.8, 4) is 11.3 Å². The summed E-state index contributed by atoms with van der Waals surface area (Å²) in [6.07, 6.45) is 3.38. The molecule has 96 valence electrons. The third-order valence-electron chi connectivity index (χ3n) is 2.48. The van der Waals surface area contributed by atoms with Crippen LogP contribution in [0.25, 0.3) is 11.3 Å². The van der Waals surface area contributed by atoms with Gasteiger partial charge in [-0.25, -0.2) is 8.88 Å². The predicted octanol–water partition coefficient (Wildman–Crippen LogP) is 3.24. The molecule has 0 aliphatic carbocycles. The molecule has 0 atom stereocenters. The molecular formula is C11H12N2O2S3. The van der Waals surface area contributed by atoms with Gasteiger partial charge in [0.2, 0.25) is 0 Å². The average Bonchev–Trinajstić information content (AvgIpc) is 2.84. The van der Waals surface area contributed by atoms with Crippen LogP contribution in [-0.4, -0.2) is 20.3 Å². The van der Waals surface area contributed by atoms with Crippen LogP contribution < -0.4 is 0 Å². The summed E-state index contributed by atoms with van der Waals surface area (Å²) in [6, 6.07) is 1.67. The molecule has 0 fully saturated rings. The number of aromatic nitrogens is 2. The molecule has 0 saturated carbocycles. The highest BCUT2D eigenvalue weighted by Gasteiger charge is 2.19. The zero-order valence-electron chi connectivity index (χ0n) is 9.62. The van der Waals surface area contributed by atoms with Crippen LogP contribution >= 0.6 is 36.8 Å². The molecule has 7 heteroatoms. The first-order valence-corrected chi connectivity index (χ1v) is 7.03. The molecule has 2 rings (SSSR count). The second-order valence-corrected chi connectivity index (χ2v) is 5.77. The number of thiol groups is 2. The van der Waals surface area contributed by atoms with E-state index < -0.39 is 5.97 Å². The third-order valence-corrected chi connectivity index (χ3v) is 4.30. The van der Waals surface area contributed by atoms with Crippen molar-refractivity contribution in [2.24, 2.45) is 0 Å². The van der Waals surface area contributed by atoms with Crippen LogP contribution in [0.4, 0.5) is 0 Å². The number of rotatable bonds is 4. The maximum Gasteiger partial charge on any atom is 0.345 e. The fraction of sp³-hybridized carbons (Fsp3) is 0.273. The van der Waals surface area contributed by atoms with Gasteiger partial charge in [0.25, 0.3) is 0 Å². The van der Waals surface area contributed by atoms with Crippen molar-refractivity contribution < 1.29 is 9.90 Å². The van der Waals surface area contributed by atoms with Gasteiger partial charge in [-0.1, -0.05) is 13.3 Å². The van der Waals surface area contributed by atoms with Gasteiger partial charge in [0.15, 0.2) is 0 Å². The van der Waals surface area contributed by atoms with E-state index in [-0.39, 0.29) is 0 Å². The Hall–Kier alpha value is -0.920. The quantitative estimate of drug-likeness (QED) is 0.760. The molecule has 2 aromatic rings. The molecule has 0 unspecified atom stereocenters. The lowest BCUT2D eigenvalue weighted by Crippen LogP contribution is -1.91. The Labute approximate surface area is 120 Å². The highest BCUT2D eigenvalue weighted by Crippen LogP contribution is 2.36. The van der Waals surface area contributed by atoms with Gasteiger partial charge in [0.1, 0.15) is 4.88 Å². The van der Waals surface area contributed by atoms with Gasteiger partial charge in [-0.05, 0) is 25.3 Å². The van der Waals surface area contributed by atoms with E-state index in [2.05, 4.69) is 37.5 Å². The summed E-state index contributed by atoms with van der Waals surface area (Å²) in [7, 11) is 0. The fourth-order valence-electron chi connectivity index (χ4n) is 1.72. The Kier molecular flexibility index (Phi) is 4.04. The molecule has 0 bridgehead atoms. The van der Waals surface area contributed by atoms with Crippen LogP contribution in [0.3, 0.4) is 0 Å². The molecule has 0 aliphatic heterocycles. The van der Waals surface area contributed by atoms with Crippen LogP contribution in [0.15, 0.2) is 17.2 Å². The fourth-order valence-corrected chi connectivity index (χ4v) is 3.44. The SMILES string of the molecule is CCCc1sc(C(=O)O)cc1-c1c(S)cnn1S. The van der Waals surface area contributed by atoms with Gasteiger partial charge in [-0.2, -0.15) is 5.10 Å². The van der Waals surface area contributed by atoms with E-state index in [1.165, 1.54) is 15.4 Å². The van der Waals surface area contributed by atoms with Gasteiger partial charge < -0.3 is 5.11 Å². The minimum Gasteiger partial charge on any atom is -0.477 e. The number of nitrogens with zero attached hydrogens (tertiary/aromatic N) is 2. The molecule has 0 spiro atoms. The predicted molar refractivity (Wildman–Crippen MR) is 78.1 cm³/mol. The van der Waals surface area contributed by atoms with Crippen molar-refractivity contribution in [3.63, 3.8) is 0 Å². The van der Waals surface area contributed by atoms with Crippen molar-refractivity contribution in [3.05, 3.63) is 22.0 Å². The van der Waals surface area contributed by atoms with E-state index in [1.54, 1.807) is 12.3 Å². The third kappa shape index (κ3) is 2.43. The summed E-state index contributed by atoms with van der Waals surface area (Å²) in [6.45, 7) is 2.06. The summed E-state index contributed by atoms with van der Waals surface area (Å²) in [5.74, 6) is -0.908. The number of carboxylic acids is 1. The summed E-state index contributed by atoms with van der Waals surface area (Å²) in [5.41, 5.74) is 1.60. The van der Waals surface area contributed by atoms with E-state index >= 15 is 0 Å². The molecule has 1 N–H and O–H groups in total. The van der Waals surface area contributed by atoms with E-state index in [0.29, 0.717) is 9.77 Å². The minimum absolute atomic E-state index is 0.329. The van der Waals surface area contributed by atoms with Crippen LogP contribution in [0.2, 0.25) is 0 Å². The first-order valence-electron chi connectivity index (χ1n) is 5.37. The van der Waals surface area contributed by atoms with Crippen LogP contribution in [0, 0.1) is 0 Å². The highest BCUT2D eigenvalue weighted by atomic mass is 32.1. The van der Waals surface area contributed by atoms with Gasteiger partial charge in [-0.15, -0.1) is 24.0 Å². The van der Waals surface area contributed by atoms with E-state index in [4.69, 9.17) is 5.11 Å². The molecule has 0 aliphatic rings. The van der Waals surface area contributed by atoms with Crippen LogP contribution in [0.5, 0.6) is 0 Å². The number of hydrogen-bond donors (Lipinski definition) is 3. The van der Waals surface area contributed by atoms with Crippen LogP contribution in [0.1, 0.15) is 27.9 Å². The normalized spacial score (nSPS) is 10.8. The van der Waals surface area contributed by atoms with Crippen LogP contribution in [-0.2, 0) is 6.42 Å². The van der Waals surface area contributed by atoms with E-state index in [9.17, 15) is 4.79 Å². The molecule has 18 heavy (non-hydrogen) atoms. The summed E-state index contributed by atoms with van der Waals surface area (Å²) < 4.78 is 1.43. The Bertz CT molecular complexity index is 570. The number of thiophene rings is 1. The molecule has 0 radical (unpaired) electrons. The monoisotopic (exact) mass is 300 g/mol. The highest BCUT2D eigenvalue weighted by molar-refractivity contribution is 7.80. The van der Waals surface area contributed by atoms with Crippen molar-refractivity contribution in [1.29, 1.82) is 0 Å². The largest absolute Gasteiger partial charge is 0.477 e. The molecule has 0 aromatic carbocycles. The van der Waals surface area contributed by atoms with Gasteiger partial charge >= 0.3 is 5.97 Å². The van der Waals surface area contributed by atoms with E-state index in [0.717, 1.165) is 29.0 Å². The lowest BCUT2D eigenvalue weighted by Gasteiger charge is -2.03.